The molecule has 1 saturated heterocycles. The van der Waals surface area contributed by atoms with Crippen molar-refractivity contribution in [2.24, 2.45) is 0 Å². The zero-order valence-electron chi connectivity index (χ0n) is 12.9. The Morgan fingerprint density at radius 3 is 2.83 bits per heavy atom. The van der Waals surface area contributed by atoms with Crippen LogP contribution in [0.2, 0.25) is 5.02 Å². The van der Waals surface area contributed by atoms with Gasteiger partial charge < -0.3 is 25.4 Å². The molecule has 0 radical (unpaired) electrons. The molecule has 2 rings (SSSR count). The second kappa shape index (κ2) is 7.47. The number of nitrogens with zero attached hydrogens (tertiary/aromatic N) is 2. The van der Waals surface area contributed by atoms with Crippen LogP contribution in [0.25, 0.3) is 0 Å². The van der Waals surface area contributed by atoms with Crippen molar-refractivity contribution in [2.75, 3.05) is 31.6 Å². The van der Waals surface area contributed by atoms with Crippen LogP contribution in [0.4, 0.5) is 10.6 Å². The van der Waals surface area contributed by atoms with Crippen LogP contribution in [0.3, 0.4) is 0 Å². The molecule has 1 aliphatic rings. The van der Waals surface area contributed by atoms with Crippen LogP contribution in [0.15, 0.2) is 12.3 Å². The number of aromatic nitrogens is 1. The summed E-state index contributed by atoms with van der Waals surface area (Å²) in [5.41, 5.74) is 0.0261. The van der Waals surface area contributed by atoms with Gasteiger partial charge in [-0.1, -0.05) is 11.6 Å². The van der Waals surface area contributed by atoms with Gasteiger partial charge in [0.25, 0.3) is 0 Å². The first kappa shape index (κ1) is 17.3. The number of aromatic carboxylic acids is 1. The van der Waals surface area contributed by atoms with E-state index in [1.54, 1.807) is 7.11 Å². The van der Waals surface area contributed by atoms with Crippen molar-refractivity contribution in [3.05, 3.63) is 22.8 Å². The number of pyridine rings is 1. The monoisotopic (exact) mass is 342 g/mol. The molecule has 23 heavy (non-hydrogen) atoms. The molecule has 0 bridgehead atoms. The highest BCUT2D eigenvalue weighted by Crippen LogP contribution is 2.28. The van der Waals surface area contributed by atoms with Crippen LogP contribution in [0.5, 0.6) is 0 Å². The second-order valence-corrected chi connectivity index (χ2v) is 5.53. The lowest BCUT2D eigenvalue weighted by molar-refractivity contribution is 0.0696. The molecule has 9 heteroatoms. The summed E-state index contributed by atoms with van der Waals surface area (Å²) >= 11 is 6.14. The van der Waals surface area contributed by atoms with E-state index in [2.05, 4.69) is 15.6 Å². The number of nitrogens with one attached hydrogen (secondary N) is 2. The van der Waals surface area contributed by atoms with Gasteiger partial charge in [-0.15, -0.1) is 0 Å². The fraction of sp³-hybridized carbons (Fsp3) is 0.500. The van der Waals surface area contributed by atoms with E-state index in [9.17, 15) is 9.59 Å². The van der Waals surface area contributed by atoms with Gasteiger partial charge in [0.15, 0.2) is 0 Å². The van der Waals surface area contributed by atoms with Gasteiger partial charge in [0.2, 0.25) is 0 Å². The lowest BCUT2D eigenvalue weighted by atomic mass is 10.2. The van der Waals surface area contributed by atoms with Gasteiger partial charge >= 0.3 is 12.0 Å². The normalized spacial score (nSPS) is 20.4. The smallest absolute Gasteiger partial charge is 0.337 e. The van der Waals surface area contributed by atoms with Gasteiger partial charge in [-0.3, -0.25) is 0 Å². The molecule has 2 amide bonds. The van der Waals surface area contributed by atoms with Crippen LogP contribution in [0.1, 0.15) is 17.3 Å². The number of carboxylic acid groups (broad SMARTS) is 1. The van der Waals surface area contributed by atoms with E-state index in [0.717, 1.165) is 0 Å². The van der Waals surface area contributed by atoms with E-state index in [1.807, 2.05) is 11.8 Å². The Bertz CT molecular complexity index is 598. The molecule has 8 nitrogen and oxygen atoms in total. The summed E-state index contributed by atoms with van der Waals surface area (Å²) in [5, 5.41) is 14.7. The molecule has 3 N–H and O–H groups in total. The maximum absolute atomic E-state index is 11.7. The molecule has 2 heterocycles. The highest BCUT2D eigenvalue weighted by atomic mass is 35.5. The Hall–Kier alpha value is -2.06. The van der Waals surface area contributed by atoms with Crippen LogP contribution >= 0.6 is 11.6 Å². The molecule has 1 aliphatic heterocycles. The predicted molar refractivity (Wildman–Crippen MR) is 85.2 cm³/mol. The molecule has 0 spiro atoms. The second-order valence-electron chi connectivity index (χ2n) is 5.12. The highest BCUT2D eigenvalue weighted by molar-refractivity contribution is 6.33. The Labute approximate surface area is 138 Å². The number of methoxy groups -OCH3 is 1. The summed E-state index contributed by atoms with van der Waals surface area (Å²) in [5.74, 6) is -0.614. The molecule has 0 aromatic carbocycles. The minimum atomic E-state index is -1.09. The minimum absolute atomic E-state index is 0.0261. The summed E-state index contributed by atoms with van der Waals surface area (Å²) in [6.45, 7) is 3.33. The highest BCUT2D eigenvalue weighted by Gasteiger charge is 2.35. The summed E-state index contributed by atoms with van der Waals surface area (Å²) in [6, 6.07) is 0.878. The average molecular weight is 343 g/mol. The third kappa shape index (κ3) is 4.02. The number of hydrogen-bond acceptors (Lipinski definition) is 5. The fourth-order valence-corrected chi connectivity index (χ4v) is 2.77. The number of rotatable bonds is 5. The van der Waals surface area contributed by atoms with E-state index in [-0.39, 0.29) is 28.8 Å². The lowest BCUT2D eigenvalue weighted by Gasteiger charge is -2.19. The van der Waals surface area contributed by atoms with Crippen molar-refractivity contribution in [3.63, 3.8) is 0 Å². The number of carboxylic acids is 1. The first-order valence-corrected chi connectivity index (χ1v) is 7.55. The fourth-order valence-electron chi connectivity index (χ4n) is 2.48. The minimum Gasteiger partial charge on any atom is -0.478 e. The van der Waals surface area contributed by atoms with Crippen LogP contribution < -0.4 is 15.5 Å². The first-order chi connectivity index (χ1) is 11.0. The Morgan fingerprint density at radius 2 is 2.26 bits per heavy atom. The summed E-state index contributed by atoms with van der Waals surface area (Å²) < 4.78 is 5.41. The summed E-state index contributed by atoms with van der Waals surface area (Å²) in [6.07, 6.45) is 1.05. The molecule has 1 aromatic heterocycles. The van der Waals surface area contributed by atoms with Gasteiger partial charge in [-0.05, 0) is 13.0 Å². The van der Waals surface area contributed by atoms with E-state index >= 15 is 0 Å². The number of carbonyl (C=O) groups excluding carboxylic acids is 1. The van der Waals surface area contributed by atoms with E-state index in [0.29, 0.717) is 25.5 Å². The summed E-state index contributed by atoms with van der Waals surface area (Å²) in [4.78, 5) is 28.6. The third-order valence-corrected chi connectivity index (χ3v) is 3.87. The largest absolute Gasteiger partial charge is 0.478 e. The van der Waals surface area contributed by atoms with Gasteiger partial charge in [0.1, 0.15) is 5.82 Å². The van der Waals surface area contributed by atoms with Crippen molar-refractivity contribution >= 4 is 29.4 Å². The zero-order valence-corrected chi connectivity index (χ0v) is 13.6. The number of ether oxygens (including phenoxy) is 1. The lowest BCUT2D eigenvalue weighted by Crippen LogP contribution is -2.48. The molecule has 2 atom stereocenters. The summed E-state index contributed by atoms with van der Waals surface area (Å²) in [7, 11) is 1.57. The molecule has 1 fully saturated rings. The van der Waals surface area contributed by atoms with Crippen molar-refractivity contribution in [3.8, 4) is 0 Å². The molecular formula is C14H19ClN4O4. The van der Waals surface area contributed by atoms with Crippen molar-refractivity contribution in [1.29, 1.82) is 0 Å². The van der Waals surface area contributed by atoms with Crippen LogP contribution in [-0.2, 0) is 4.74 Å². The third-order valence-electron chi connectivity index (χ3n) is 3.59. The maximum Gasteiger partial charge on any atom is 0.337 e. The number of urea groups is 1. The number of anilines is 1. The molecular weight excluding hydrogens is 324 g/mol. The Morgan fingerprint density at radius 1 is 1.52 bits per heavy atom. The van der Waals surface area contributed by atoms with Gasteiger partial charge in [-0.25, -0.2) is 14.6 Å². The van der Waals surface area contributed by atoms with Gasteiger partial charge in [0, 0.05) is 32.9 Å². The SMILES string of the molecule is CCNC(=O)N[C@@H]1CN(c2ncc(C(=O)O)cc2Cl)C[C@H]1OC. The van der Waals surface area contributed by atoms with Gasteiger partial charge in [0.05, 0.1) is 22.7 Å². The topological polar surface area (TPSA) is 104 Å². The standard InChI is InChI=1S/C14H19ClN4O4/c1-3-16-14(22)18-10-6-19(7-11(10)23-2)12-9(15)4-8(5-17-12)13(20)21/h4-5,10-11H,3,6-7H2,1-2H3,(H,20,21)(H2,16,18,22)/t10-,11-/m1/s1. The number of halogens is 1. The Balaban J connectivity index is 2.12. The number of carbonyl (C=O) groups is 2. The number of amides is 2. The molecule has 126 valence electrons. The van der Waals surface area contributed by atoms with Crippen molar-refractivity contribution in [2.45, 2.75) is 19.1 Å². The zero-order chi connectivity index (χ0) is 17.0. The maximum atomic E-state index is 11.7. The number of hydrogen-bond donors (Lipinski definition) is 3. The van der Waals surface area contributed by atoms with Crippen molar-refractivity contribution < 1.29 is 19.4 Å². The van der Waals surface area contributed by atoms with E-state index in [1.165, 1.54) is 12.3 Å². The molecule has 0 unspecified atom stereocenters. The van der Waals surface area contributed by atoms with Gasteiger partial charge in [-0.2, -0.15) is 0 Å². The molecule has 0 aliphatic carbocycles. The van der Waals surface area contributed by atoms with E-state index in [4.69, 9.17) is 21.4 Å². The van der Waals surface area contributed by atoms with Crippen LogP contribution in [-0.4, -0.2) is 61.0 Å². The van der Waals surface area contributed by atoms with Crippen LogP contribution in [0, 0.1) is 0 Å². The molecule has 0 saturated carbocycles. The van der Waals surface area contributed by atoms with E-state index < -0.39 is 5.97 Å². The quantitative estimate of drug-likeness (QED) is 0.736. The predicted octanol–water partition coefficient (Wildman–Crippen LogP) is 0.956. The molecule has 1 aromatic rings. The average Bonchev–Trinajstić information content (AvgIpc) is 2.89. The Kier molecular flexibility index (Phi) is 5.62. The first-order valence-electron chi connectivity index (χ1n) is 7.17. The van der Waals surface area contributed by atoms with Crippen molar-refractivity contribution in [1.82, 2.24) is 15.6 Å².